The van der Waals surface area contributed by atoms with E-state index in [1.165, 1.54) is 6.07 Å². The van der Waals surface area contributed by atoms with Crippen LogP contribution < -0.4 is 15.7 Å². The predicted molar refractivity (Wildman–Crippen MR) is 98.5 cm³/mol. The summed E-state index contributed by atoms with van der Waals surface area (Å²) in [6.07, 6.45) is 0. The summed E-state index contributed by atoms with van der Waals surface area (Å²) in [5.74, 6) is 0.749. The molecule has 1 aromatic carbocycles. The van der Waals surface area contributed by atoms with E-state index >= 15 is 0 Å². The fourth-order valence-corrected chi connectivity index (χ4v) is 2.41. The molecule has 0 aliphatic rings. The highest BCUT2D eigenvalue weighted by Gasteiger charge is 2.19. The average Bonchev–Trinajstić information content (AvgIpc) is 2.93. The van der Waals surface area contributed by atoms with Gasteiger partial charge >= 0.3 is 5.63 Å². The Labute approximate surface area is 150 Å². The van der Waals surface area contributed by atoms with Crippen LogP contribution in [-0.4, -0.2) is 22.3 Å². The van der Waals surface area contributed by atoms with Crippen LogP contribution in [0.3, 0.4) is 0 Å². The Balaban J connectivity index is 1.66. The number of carbonyl (C=O) groups excluding carboxylic acids is 1. The molecule has 3 aromatic rings. The minimum atomic E-state index is -0.432. The lowest BCUT2D eigenvalue weighted by molar-refractivity contribution is -0.118. The minimum absolute atomic E-state index is 0.105. The van der Waals surface area contributed by atoms with Gasteiger partial charge in [-0.3, -0.25) is 9.48 Å². The van der Waals surface area contributed by atoms with Crippen molar-refractivity contribution >= 4 is 22.7 Å². The second kappa shape index (κ2) is 6.67. The van der Waals surface area contributed by atoms with Crippen LogP contribution >= 0.6 is 0 Å². The SMILES string of the molecule is Cn1nc(C(C)(C)C)cc1NC(=O)COc1ccc2ccc(=O)oc2c1. The zero-order valence-electron chi connectivity index (χ0n) is 15.2. The standard InChI is InChI=1S/C19H21N3O4/c1-19(2,3)15-10-16(22(4)21-15)20-17(23)11-25-13-7-5-12-6-8-18(24)26-14(12)9-13/h5-10H,11H2,1-4H3,(H,20,23). The number of nitrogens with one attached hydrogen (secondary N) is 1. The molecular weight excluding hydrogens is 334 g/mol. The Morgan fingerprint density at radius 3 is 2.65 bits per heavy atom. The summed E-state index contributed by atoms with van der Waals surface area (Å²) in [6, 6.07) is 9.96. The molecule has 0 radical (unpaired) electrons. The molecule has 0 saturated carbocycles. The average molecular weight is 355 g/mol. The van der Waals surface area contributed by atoms with Gasteiger partial charge in [-0.1, -0.05) is 20.8 Å². The number of ether oxygens (including phenoxy) is 1. The van der Waals surface area contributed by atoms with Crippen molar-refractivity contribution in [1.82, 2.24) is 9.78 Å². The van der Waals surface area contributed by atoms with Crippen molar-refractivity contribution in [1.29, 1.82) is 0 Å². The number of nitrogens with zero attached hydrogens (tertiary/aromatic N) is 2. The first-order valence-corrected chi connectivity index (χ1v) is 8.23. The molecule has 0 unspecified atom stereocenters. The highest BCUT2D eigenvalue weighted by atomic mass is 16.5. The van der Waals surface area contributed by atoms with Gasteiger partial charge < -0.3 is 14.5 Å². The first-order valence-electron chi connectivity index (χ1n) is 8.23. The highest BCUT2D eigenvalue weighted by molar-refractivity contribution is 5.91. The molecule has 0 bridgehead atoms. The molecule has 26 heavy (non-hydrogen) atoms. The lowest BCUT2D eigenvalue weighted by atomic mass is 9.92. The number of rotatable bonds is 4. The first-order chi connectivity index (χ1) is 12.2. The summed E-state index contributed by atoms with van der Waals surface area (Å²) in [6.45, 7) is 6.00. The third kappa shape index (κ3) is 3.93. The van der Waals surface area contributed by atoms with Gasteiger partial charge in [-0.2, -0.15) is 5.10 Å². The monoisotopic (exact) mass is 355 g/mol. The van der Waals surface area contributed by atoms with Crippen molar-refractivity contribution in [2.24, 2.45) is 7.05 Å². The third-order valence-corrected chi connectivity index (χ3v) is 3.88. The molecule has 1 amide bonds. The minimum Gasteiger partial charge on any atom is -0.484 e. The van der Waals surface area contributed by atoms with Gasteiger partial charge in [0.05, 0.1) is 5.69 Å². The van der Waals surface area contributed by atoms with Gasteiger partial charge in [0.25, 0.3) is 5.91 Å². The highest BCUT2D eigenvalue weighted by Crippen LogP contribution is 2.23. The maximum Gasteiger partial charge on any atom is 0.336 e. The number of hydrogen-bond acceptors (Lipinski definition) is 5. The summed E-state index contributed by atoms with van der Waals surface area (Å²) >= 11 is 0. The quantitative estimate of drug-likeness (QED) is 0.727. The topological polar surface area (TPSA) is 86.4 Å². The van der Waals surface area contributed by atoms with Gasteiger partial charge in [0.15, 0.2) is 6.61 Å². The van der Waals surface area contributed by atoms with Gasteiger partial charge in [-0.05, 0) is 18.2 Å². The molecular formula is C19H21N3O4. The number of benzene rings is 1. The Kier molecular flexibility index (Phi) is 4.54. The number of hydrogen-bond donors (Lipinski definition) is 1. The van der Waals surface area contributed by atoms with Crippen molar-refractivity contribution in [3.8, 4) is 5.75 Å². The fourth-order valence-electron chi connectivity index (χ4n) is 2.41. The van der Waals surface area contributed by atoms with E-state index in [4.69, 9.17) is 9.15 Å². The molecule has 0 spiro atoms. The Morgan fingerprint density at radius 1 is 1.23 bits per heavy atom. The van der Waals surface area contributed by atoms with Crippen LogP contribution in [0.25, 0.3) is 11.0 Å². The third-order valence-electron chi connectivity index (χ3n) is 3.88. The molecule has 3 rings (SSSR count). The Bertz CT molecular complexity index is 1010. The molecule has 1 N–H and O–H groups in total. The summed E-state index contributed by atoms with van der Waals surface area (Å²) in [5.41, 5.74) is 0.766. The van der Waals surface area contributed by atoms with Crippen molar-refractivity contribution < 1.29 is 13.9 Å². The molecule has 7 nitrogen and oxygen atoms in total. The maximum atomic E-state index is 12.2. The van der Waals surface area contributed by atoms with Crippen LogP contribution in [0.15, 0.2) is 45.6 Å². The van der Waals surface area contributed by atoms with Crippen molar-refractivity contribution in [2.75, 3.05) is 11.9 Å². The van der Waals surface area contributed by atoms with Gasteiger partial charge in [0, 0.05) is 36.0 Å². The van der Waals surface area contributed by atoms with E-state index < -0.39 is 5.63 Å². The van der Waals surface area contributed by atoms with Crippen molar-refractivity contribution in [3.63, 3.8) is 0 Å². The number of anilines is 1. The molecule has 136 valence electrons. The number of fused-ring (bicyclic) bond motifs is 1. The van der Waals surface area contributed by atoms with E-state index in [-0.39, 0.29) is 17.9 Å². The number of aryl methyl sites for hydroxylation is 1. The Morgan fingerprint density at radius 2 is 1.96 bits per heavy atom. The van der Waals surface area contributed by atoms with Crippen molar-refractivity contribution in [3.05, 3.63) is 52.5 Å². The largest absolute Gasteiger partial charge is 0.484 e. The fraction of sp³-hybridized carbons (Fsp3) is 0.316. The molecule has 0 saturated heterocycles. The molecule has 2 aromatic heterocycles. The summed E-state index contributed by atoms with van der Waals surface area (Å²) in [7, 11) is 1.77. The second-order valence-corrected chi connectivity index (χ2v) is 7.08. The normalized spacial score (nSPS) is 11.5. The van der Waals surface area contributed by atoms with Crippen LogP contribution in [0, 0.1) is 0 Å². The zero-order chi connectivity index (χ0) is 18.9. The molecule has 7 heteroatoms. The predicted octanol–water partition coefficient (Wildman–Crippen LogP) is 2.84. The first kappa shape index (κ1) is 17.7. The molecule has 0 aliphatic heterocycles. The zero-order valence-corrected chi connectivity index (χ0v) is 15.2. The van der Waals surface area contributed by atoms with Gasteiger partial charge in [0.1, 0.15) is 17.2 Å². The summed E-state index contributed by atoms with van der Waals surface area (Å²) in [4.78, 5) is 23.5. The summed E-state index contributed by atoms with van der Waals surface area (Å²) < 4.78 is 12.2. The van der Waals surface area contributed by atoms with Crippen LogP contribution in [0.1, 0.15) is 26.5 Å². The number of amides is 1. The molecule has 0 aliphatic carbocycles. The Hall–Kier alpha value is -3.09. The van der Waals surface area contributed by atoms with Gasteiger partial charge in [-0.15, -0.1) is 0 Å². The van der Waals surface area contributed by atoms with Crippen molar-refractivity contribution in [2.45, 2.75) is 26.2 Å². The van der Waals surface area contributed by atoms with Gasteiger partial charge in [0.2, 0.25) is 0 Å². The van der Waals surface area contributed by atoms with Crippen LogP contribution in [0.4, 0.5) is 5.82 Å². The van der Waals surface area contributed by atoms with E-state index in [2.05, 4.69) is 31.2 Å². The van der Waals surface area contributed by atoms with E-state index in [9.17, 15) is 9.59 Å². The van der Waals surface area contributed by atoms with Crippen LogP contribution in [-0.2, 0) is 17.3 Å². The van der Waals surface area contributed by atoms with E-state index in [0.29, 0.717) is 17.2 Å². The smallest absolute Gasteiger partial charge is 0.336 e. The molecule has 2 heterocycles. The lowest BCUT2D eigenvalue weighted by Crippen LogP contribution is -2.21. The number of aromatic nitrogens is 2. The van der Waals surface area contributed by atoms with Crippen LogP contribution in [0.2, 0.25) is 0 Å². The maximum absolute atomic E-state index is 12.2. The molecule has 0 atom stereocenters. The number of carbonyl (C=O) groups is 1. The summed E-state index contributed by atoms with van der Waals surface area (Å²) in [5, 5.41) is 7.98. The second-order valence-electron chi connectivity index (χ2n) is 7.08. The lowest BCUT2D eigenvalue weighted by Gasteiger charge is -2.13. The van der Waals surface area contributed by atoms with Gasteiger partial charge in [-0.25, -0.2) is 4.79 Å². The van der Waals surface area contributed by atoms with E-state index in [1.54, 1.807) is 36.0 Å². The van der Waals surface area contributed by atoms with E-state index in [0.717, 1.165) is 11.1 Å². The van der Waals surface area contributed by atoms with E-state index in [1.807, 2.05) is 6.07 Å². The molecule has 0 fully saturated rings. The van der Waals surface area contributed by atoms with Crippen LogP contribution in [0.5, 0.6) is 5.75 Å².